The molecule has 0 unspecified atom stereocenters. The topological polar surface area (TPSA) is 104 Å². The van der Waals surface area contributed by atoms with Gasteiger partial charge in [-0.2, -0.15) is 0 Å². The summed E-state index contributed by atoms with van der Waals surface area (Å²) in [7, 11) is 0. The van der Waals surface area contributed by atoms with Gasteiger partial charge in [0.1, 0.15) is 18.2 Å². The maximum Gasteiger partial charge on any atom is 0.335 e. The minimum atomic E-state index is -0.958. The van der Waals surface area contributed by atoms with Gasteiger partial charge in [0.15, 0.2) is 0 Å². The summed E-state index contributed by atoms with van der Waals surface area (Å²) in [6.07, 6.45) is 10.3. The van der Waals surface area contributed by atoms with Gasteiger partial charge in [-0.15, -0.1) is 0 Å². The van der Waals surface area contributed by atoms with Gasteiger partial charge < -0.3 is 20.1 Å². The Hall–Kier alpha value is -4.07. The first-order chi connectivity index (χ1) is 22.7. The molecule has 1 atom stereocenters. The Morgan fingerprint density at radius 1 is 1.02 bits per heavy atom. The molecule has 3 aromatic carbocycles. The number of hydrogen-bond donors (Lipinski definition) is 3. The number of amides is 1. The molecule has 3 N–H and O–H groups in total. The molecule has 1 aliphatic rings. The summed E-state index contributed by atoms with van der Waals surface area (Å²) in [5.41, 5.74) is 4.55. The monoisotopic (exact) mass is 673 g/mol. The van der Waals surface area contributed by atoms with Gasteiger partial charge in [0, 0.05) is 28.6 Å². The zero-order chi connectivity index (χ0) is 33.3. The van der Waals surface area contributed by atoms with Gasteiger partial charge in [-0.25, -0.2) is 9.78 Å². The number of imidazole rings is 1. The molecule has 0 bridgehead atoms. The molecule has 7 nitrogen and oxygen atoms in total. The number of H-pyrrole nitrogens is 1. The molecule has 1 saturated carbocycles. The van der Waals surface area contributed by atoms with Crippen LogP contribution in [0.25, 0.3) is 11.3 Å². The molecular weight excluding hydrogens is 633 g/mol. The smallest absolute Gasteiger partial charge is 0.335 e. The summed E-state index contributed by atoms with van der Waals surface area (Å²) in [4.78, 5) is 33.4. The first-order valence-electron chi connectivity index (χ1n) is 16.2. The van der Waals surface area contributed by atoms with E-state index in [0.29, 0.717) is 47.0 Å². The second-order valence-electron chi connectivity index (χ2n) is 12.2. The number of carbonyl (C=O) groups excluding carboxylic acids is 1. The van der Waals surface area contributed by atoms with E-state index in [4.69, 9.17) is 38.0 Å². The van der Waals surface area contributed by atoms with Gasteiger partial charge in [-0.05, 0) is 98.5 Å². The van der Waals surface area contributed by atoms with Gasteiger partial charge in [0.25, 0.3) is 0 Å². The van der Waals surface area contributed by atoms with Gasteiger partial charge in [-0.3, -0.25) is 4.79 Å². The maximum absolute atomic E-state index is 13.7. The molecule has 0 aliphatic heterocycles. The molecule has 4 aromatic rings. The number of carboxylic acid groups (broad SMARTS) is 1. The fraction of sp³-hybridized carbons (Fsp3) is 0.342. The third kappa shape index (κ3) is 9.05. The zero-order valence-corrected chi connectivity index (χ0v) is 28.3. The Balaban J connectivity index is 1.38. The number of benzene rings is 3. The van der Waals surface area contributed by atoms with E-state index < -0.39 is 12.0 Å². The van der Waals surface area contributed by atoms with Crippen molar-refractivity contribution in [3.63, 3.8) is 0 Å². The molecular formula is C38H41Cl2N3O4. The summed E-state index contributed by atoms with van der Waals surface area (Å²) < 4.78 is 5.96. The maximum atomic E-state index is 13.7. The Labute approximate surface area is 286 Å². The molecule has 47 heavy (non-hydrogen) atoms. The largest absolute Gasteiger partial charge is 0.489 e. The first kappa shape index (κ1) is 34.3. The van der Waals surface area contributed by atoms with Crippen LogP contribution in [0.5, 0.6) is 5.75 Å². The minimum Gasteiger partial charge on any atom is -0.489 e. The lowest BCUT2D eigenvalue weighted by Crippen LogP contribution is -2.37. The molecule has 1 heterocycles. The Morgan fingerprint density at radius 2 is 1.72 bits per heavy atom. The molecule has 1 amide bonds. The fourth-order valence-corrected chi connectivity index (χ4v) is 6.59. The number of carbonyl (C=O) groups is 2. The van der Waals surface area contributed by atoms with Crippen LogP contribution in [0.4, 0.5) is 0 Å². The normalized spacial score (nSPS) is 17.0. The number of aromatic carboxylic acids is 1. The molecule has 246 valence electrons. The van der Waals surface area contributed by atoms with Gasteiger partial charge >= 0.3 is 5.97 Å². The quantitative estimate of drug-likeness (QED) is 0.123. The van der Waals surface area contributed by atoms with Crippen LogP contribution in [-0.2, 0) is 24.2 Å². The van der Waals surface area contributed by atoms with E-state index in [1.165, 1.54) is 0 Å². The number of aromatic amines is 1. The Morgan fingerprint density at radius 3 is 2.36 bits per heavy atom. The molecule has 1 fully saturated rings. The Bertz CT molecular complexity index is 1690. The summed E-state index contributed by atoms with van der Waals surface area (Å²) in [5, 5.41) is 13.5. The SMILES string of the molecule is C/C=C\Cc1[nH]c([C@H](Cc2ccc(OCc3ccc(C(=O)O)cc3)cc2)NC(=O)C2CCC(CC)CC2)nc1-c1ccc(Cl)cc1Cl. The van der Waals surface area contributed by atoms with Crippen molar-refractivity contribution in [3.05, 3.63) is 117 Å². The number of hydrogen-bond acceptors (Lipinski definition) is 4. The van der Waals surface area contributed by atoms with Crippen LogP contribution in [0.15, 0.2) is 78.9 Å². The molecule has 0 spiro atoms. The van der Waals surface area contributed by atoms with Crippen LogP contribution in [0.2, 0.25) is 10.0 Å². The summed E-state index contributed by atoms with van der Waals surface area (Å²) in [6.45, 7) is 4.52. The van der Waals surface area contributed by atoms with Gasteiger partial charge in [0.05, 0.1) is 22.3 Å². The summed E-state index contributed by atoms with van der Waals surface area (Å²) in [6, 6.07) is 19.4. The van der Waals surface area contributed by atoms with Crippen LogP contribution < -0.4 is 10.1 Å². The molecule has 0 saturated heterocycles. The highest BCUT2D eigenvalue weighted by Crippen LogP contribution is 2.34. The number of rotatable bonds is 13. The van der Waals surface area contributed by atoms with Crippen LogP contribution in [-0.4, -0.2) is 27.0 Å². The molecule has 9 heteroatoms. The molecule has 5 rings (SSSR count). The number of halogens is 2. The highest BCUT2D eigenvalue weighted by Gasteiger charge is 2.29. The highest BCUT2D eigenvalue weighted by molar-refractivity contribution is 6.36. The fourth-order valence-electron chi connectivity index (χ4n) is 6.09. The number of nitrogens with zero attached hydrogens (tertiary/aromatic N) is 1. The number of allylic oxidation sites excluding steroid dienone is 2. The lowest BCUT2D eigenvalue weighted by atomic mass is 9.80. The number of nitrogens with one attached hydrogen (secondary N) is 2. The first-order valence-corrected chi connectivity index (χ1v) is 17.0. The van der Waals surface area contributed by atoms with Crippen molar-refractivity contribution in [2.45, 2.75) is 71.4 Å². The van der Waals surface area contributed by atoms with Crippen molar-refractivity contribution in [1.82, 2.24) is 15.3 Å². The van der Waals surface area contributed by atoms with Crippen molar-refractivity contribution in [1.29, 1.82) is 0 Å². The van der Waals surface area contributed by atoms with E-state index in [2.05, 4.69) is 23.3 Å². The van der Waals surface area contributed by atoms with Crippen molar-refractivity contribution < 1.29 is 19.4 Å². The second kappa shape index (κ2) is 16.2. The summed E-state index contributed by atoms with van der Waals surface area (Å²) in [5.74, 6) is 1.16. The second-order valence-corrected chi connectivity index (χ2v) is 13.0. The zero-order valence-electron chi connectivity index (χ0n) is 26.8. The van der Waals surface area contributed by atoms with Crippen molar-refractivity contribution in [2.75, 3.05) is 0 Å². The van der Waals surface area contributed by atoms with Crippen molar-refractivity contribution in [2.24, 2.45) is 11.8 Å². The molecule has 0 radical (unpaired) electrons. The third-order valence-corrected chi connectivity index (χ3v) is 9.50. The van der Waals surface area contributed by atoms with Crippen LogP contribution in [0.3, 0.4) is 0 Å². The number of carboxylic acids is 1. The third-order valence-electron chi connectivity index (χ3n) is 8.95. The lowest BCUT2D eigenvalue weighted by Gasteiger charge is -2.28. The van der Waals surface area contributed by atoms with E-state index >= 15 is 0 Å². The Kier molecular flexibility index (Phi) is 11.8. The number of aromatic nitrogens is 2. The van der Waals surface area contributed by atoms with E-state index in [1.54, 1.807) is 36.4 Å². The van der Waals surface area contributed by atoms with Crippen LogP contribution in [0, 0.1) is 11.8 Å². The lowest BCUT2D eigenvalue weighted by molar-refractivity contribution is -0.127. The minimum absolute atomic E-state index is 0.0109. The van der Waals surface area contributed by atoms with Crippen molar-refractivity contribution in [3.8, 4) is 17.0 Å². The van der Waals surface area contributed by atoms with E-state index in [1.807, 2.05) is 43.3 Å². The highest BCUT2D eigenvalue weighted by atomic mass is 35.5. The summed E-state index contributed by atoms with van der Waals surface area (Å²) >= 11 is 12.8. The molecule has 1 aliphatic carbocycles. The van der Waals surface area contributed by atoms with Crippen LogP contribution in [0.1, 0.15) is 85.0 Å². The average molecular weight is 675 g/mol. The van der Waals surface area contributed by atoms with Gasteiger partial charge in [-0.1, -0.05) is 73.0 Å². The predicted molar refractivity (Wildman–Crippen MR) is 187 cm³/mol. The van der Waals surface area contributed by atoms with Crippen LogP contribution >= 0.6 is 23.2 Å². The average Bonchev–Trinajstić information content (AvgIpc) is 3.50. The standard InChI is InChI=1S/C38H41Cl2N3O4/c1-3-5-6-33-35(31-20-17-29(39)22-32(31)40)43-36(41-33)34(42-37(44)27-13-7-24(4-2)8-14-27)21-25-11-18-30(19-12-25)47-23-26-9-15-28(16-10-26)38(45)46/h3,5,9-12,15-20,22,24,27,34H,4,6-8,13-14,21,23H2,1-2H3,(H,41,43)(H,42,44)(H,45,46)/b5-3-/t24?,27?,34-/m0/s1. The van der Waals surface area contributed by atoms with Gasteiger partial charge in [0.2, 0.25) is 5.91 Å². The van der Waals surface area contributed by atoms with E-state index in [-0.39, 0.29) is 17.4 Å². The van der Waals surface area contributed by atoms with E-state index in [9.17, 15) is 9.59 Å². The van der Waals surface area contributed by atoms with E-state index in [0.717, 1.165) is 60.2 Å². The predicted octanol–water partition coefficient (Wildman–Crippen LogP) is 9.40. The molecule has 1 aromatic heterocycles. The number of ether oxygens (including phenoxy) is 1. The van der Waals surface area contributed by atoms with Crippen molar-refractivity contribution >= 4 is 35.1 Å².